The van der Waals surface area contributed by atoms with Crippen molar-refractivity contribution in [2.24, 2.45) is 0 Å². The number of thioether (sulfide) groups is 1. The fourth-order valence-electron chi connectivity index (χ4n) is 1.77. The van der Waals surface area contributed by atoms with Gasteiger partial charge in [0, 0.05) is 17.3 Å². The largest absolute Gasteiger partial charge is 0.488 e. The summed E-state index contributed by atoms with van der Waals surface area (Å²) >= 11 is 1.55. The molecule has 2 heterocycles. The summed E-state index contributed by atoms with van der Waals surface area (Å²) in [5.74, 6) is 0.903. The molecule has 0 bridgehead atoms. The summed E-state index contributed by atoms with van der Waals surface area (Å²) in [5, 5.41) is 0.801. The Kier molecular flexibility index (Phi) is 3.54. The summed E-state index contributed by atoms with van der Waals surface area (Å²) in [5.41, 5.74) is 3.11. The van der Waals surface area contributed by atoms with Gasteiger partial charge >= 0.3 is 0 Å². The van der Waals surface area contributed by atoms with Gasteiger partial charge in [0.1, 0.15) is 12.4 Å². The predicted molar refractivity (Wildman–Crippen MR) is 70.8 cm³/mol. The highest BCUT2D eigenvalue weighted by Gasteiger charge is 2.18. The van der Waals surface area contributed by atoms with Crippen LogP contribution in [0.4, 0.5) is 0 Å². The molecule has 0 saturated carbocycles. The molecule has 3 nitrogen and oxygen atoms in total. The van der Waals surface area contributed by atoms with Crippen LogP contribution in [0.3, 0.4) is 0 Å². The molecule has 1 aromatic carbocycles. The van der Waals surface area contributed by atoms with Gasteiger partial charge in [0.05, 0.1) is 5.69 Å². The molecular weight excluding hydrogens is 256 g/mol. The summed E-state index contributed by atoms with van der Waals surface area (Å²) in [7, 11) is 0. The van der Waals surface area contributed by atoms with Crippen LogP contribution in [0.2, 0.25) is 0 Å². The molecule has 0 radical (unpaired) electrons. The van der Waals surface area contributed by atoms with E-state index in [2.05, 4.69) is 9.97 Å². The van der Waals surface area contributed by atoms with E-state index >= 15 is 0 Å². The summed E-state index contributed by atoms with van der Waals surface area (Å²) < 4.78 is 5.64. The zero-order chi connectivity index (χ0) is 11.0. The Labute approximate surface area is 110 Å². The molecule has 1 aromatic heterocycles. The van der Waals surface area contributed by atoms with Crippen LogP contribution < -0.4 is 4.74 Å². The second-order valence-electron chi connectivity index (χ2n) is 3.52. The fourth-order valence-corrected chi connectivity index (χ4v) is 2.11. The Morgan fingerprint density at radius 1 is 1.29 bits per heavy atom. The molecule has 0 N–H and O–H groups in total. The standard InChI is InChI=1S/C12H10N2OS.ClH/c1-16-12-13-6-8-7-15-10-5-3-2-4-9(10)11(8)14-12;/h2-6H,7H2,1H3;1H. The Morgan fingerprint density at radius 3 is 2.94 bits per heavy atom. The number of hydrogen-bond donors (Lipinski definition) is 0. The first-order chi connectivity index (χ1) is 7.88. The first-order valence-electron chi connectivity index (χ1n) is 5.00. The van der Waals surface area contributed by atoms with Gasteiger partial charge in [-0.1, -0.05) is 23.9 Å². The van der Waals surface area contributed by atoms with Crippen LogP contribution in [0.1, 0.15) is 5.56 Å². The maximum absolute atomic E-state index is 5.64. The van der Waals surface area contributed by atoms with Crippen LogP contribution in [-0.4, -0.2) is 16.2 Å². The van der Waals surface area contributed by atoms with Gasteiger partial charge in [-0.3, -0.25) is 0 Å². The first-order valence-corrected chi connectivity index (χ1v) is 6.23. The van der Waals surface area contributed by atoms with E-state index in [0.717, 1.165) is 27.7 Å². The number of ether oxygens (including phenoxy) is 1. The number of nitrogens with zero attached hydrogens (tertiary/aromatic N) is 2. The van der Waals surface area contributed by atoms with Crippen LogP contribution in [0.15, 0.2) is 35.6 Å². The molecule has 1 aliphatic heterocycles. The Bertz CT molecular complexity index is 548. The molecule has 0 atom stereocenters. The monoisotopic (exact) mass is 266 g/mol. The predicted octanol–water partition coefficient (Wildman–Crippen LogP) is 3.18. The second-order valence-corrected chi connectivity index (χ2v) is 4.29. The van der Waals surface area contributed by atoms with Crippen molar-refractivity contribution in [2.45, 2.75) is 11.8 Å². The minimum absolute atomic E-state index is 0. The molecule has 88 valence electrons. The summed E-state index contributed by atoms with van der Waals surface area (Å²) in [6.45, 7) is 0.557. The van der Waals surface area contributed by atoms with E-state index in [4.69, 9.17) is 4.74 Å². The van der Waals surface area contributed by atoms with E-state index in [-0.39, 0.29) is 12.4 Å². The minimum Gasteiger partial charge on any atom is -0.488 e. The number of benzene rings is 1. The van der Waals surface area contributed by atoms with Crippen molar-refractivity contribution in [1.82, 2.24) is 9.97 Å². The third kappa shape index (κ3) is 2.10. The molecule has 3 rings (SSSR count). The Balaban J connectivity index is 0.00000108. The normalized spacial score (nSPS) is 11.8. The summed E-state index contributed by atoms with van der Waals surface area (Å²) in [6, 6.07) is 7.97. The molecular formula is C12H11ClN2OS. The SMILES string of the molecule is CSc1ncc2c(n1)-c1ccccc1OC2.Cl. The lowest BCUT2D eigenvalue weighted by Gasteiger charge is -2.19. The van der Waals surface area contributed by atoms with Crippen molar-refractivity contribution < 1.29 is 4.74 Å². The van der Waals surface area contributed by atoms with Crippen LogP contribution in [-0.2, 0) is 6.61 Å². The van der Waals surface area contributed by atoms with Crippen molar-refractivity contribution in [3.63, 3.8) is 0 Å². The topological polar surface area (TPSA) is 35.0 Å². The molecule has 1 aliphatic rings. The van der Waals surface area contributed by atoms with Gasteiger partial charge in [0.15, 0.2) is 5.16 Å². The average molecular weight is 267 g/mol. The molecule has 5 heteroatoms. The maximum Gasteiger partial charge on any atom is 0.187 e. The second kappa shape index (κ2) is 4.94. The first kappa shape index (κ1) is 12.2. The average Bonchev–Trinajstić information content (AvgIpc) is 2.38. The zero-order valence-corrected chi connectivity index (χ0v) is 10.8. The van der Waals surface area contributed by atoms with Gasteiger partial charge in [0.25, 0.3) is 0 Å². The smallest absolute Gasteiger partial charge is 0.187 e. The van der Waals surface area contributed by atoms with Gasteiger partial charge in [-0.15, -0.1) is 12.4 Å². The fraction of sp³-hybridized carbons (Fsp3) is 0.167. The van der Waals surface area contributed by atoms with Gasteiger partial charge in [-0.05, 0) is 18.4 Å². The molecule has 0 saturated heterocycles. The molecule has 0 amide bonds. The minimum atomic E-state index is 0. The van der Waals surface area contributed by atoms with Crippen LogP contribution in [0, 0.1) is 0 Å². The third-order valence-electron chi connectivity index (χ3n) is 2.55. The molecule has 0 spiro atoms. The van der Waals surface area contributed by atoms with Crippen molar-refractivity contribution in [2.75, 3.05) is 6.26 Å². The quantitative estimate of drug-likeness (QED) is 0.587. The van der Waals surface area contributed by atoms with E-state index in [9.17, 15) is 0 Å². The number of rotatable bonds is 1. The lowest BCUT2D eigenvalue weighted by molar-refractivity contribution is 0.300. The highest BCUT2D eigenvalue weighted by Crippen LogP contribution is 2.35. The van der Waals surface area contributed by atoms with Gasteiger partial charge in [0.2, 0.25) is 0 Å². The Hall–Kier alpha value is -1.26. The van der Waals surface area contributed by atoms with E-state index in [0.29, 0.717) is 6.61 Å². The summed E-state index contributed by atoms with van der Waals surface area (Å²) in [6.07, 6.45) is 3.83. The van der Waals surface area contributed by atoms with Crippen LogP contribution in [0.5, 0.6) is 5.75 Å². The van der Waals surface area contributed by atoms with Crippen molar-refractivity contribution in [1.29, 1.82) is 0 Å². The van der Waals surface area contributed by atoms with Crippen molar-refractivity contribution in [3.8, 4) is 17.0 Å². The number of aromatic nitrogens is 2. The van der Waals surface area contributed by atoms with E-state index < -0.39 is 0 Å². The van der Waals surface area contributed by atoms with Gasteiger partial charge in [-0.2, -0.15) is 0 Å². The Morgan fingerprint density at radius 2 is 2.12 bits per heavy atom. The van der Waals surface area contributed by atoms with Crippen LogP contribution >= 0.6 is 24.2 Å². The van der Waals surface area contributed by atoms with E-state index in [1.807, 2.05) is 36.7 Å². The van der Waals surface area contributed by atoms with E-state index in [1.165, 1.54) is 0 Å². The highest BCUT2D eigenvalue weighted by atomic mass is 35.5. The lowest BCUT2D eigenvalue weighted by Crippen LogP contribution is -2.08. The number of hydrogen-bond acceptors (Lipinski definition) is 4. The highest BCUT2D eigenvalue weighted by molar-refractivity contribution is 7.98. The van der Waals surface area contributed by atoms with Crippen molar-refractivity contribution in [3.05, 3.63) is 36.0 Å². The summed E-state index contributed by atoms with van der Waals surface area (Å²) in [4.78, 5) is 8.80. The number of para-hydroxylation sites is 1. The van der Waals surface area contributed by atoms with Crippen molar-refractivity contribution >= 4 is 24.2 Å². The molecule has 0 unspecified atom stereocenters. The number of halogens is 1. The van der Waals surface area contributed by atoms with Gasteiger partial charge in [-0.25, -0.2) is 9.97 Å². The lowest BCUT2D eigenvalue weighted by atomic mass is 10.0. The molecule has 2 aromatic rings. The molecule has 17 heavy (non-hydrogen) atoms. The third-order valence-corrected chi connectivity index (χ3v) is 3.11. The van der Waals surface area contributed by atoms with Crippen LogP contribution in [0.25, 0.3) is 11.3 Å². The number of fused-ring (bicyclic) bond motifs is 3. The van der Waals surface area contributed by atoms with E-state index in [1.54, 1.807) is 11.8 Å². The molecule has 0 aliphatic carbocycles. The maximum atomic E-state index is 5.64. The van der Waals surface area contributed by atoms with Gasteiger partial charge < -0.3 is 4.74 Å². The zero-order valence-electron chi connectivity index (χ0n) is 9.21. The molecule has 0 fully saturated rings.